The van der Waals surface area contributed by atoms with Gasteiger partial charge < -0.3 is 8.98 Å². The molecule has 2 aromatic rings. The largest absolute Gasteiger partial charge is 0.467 e. The second-order valence-electron chi connectivity index (χ2n) is 3.43. The summed E-state index contributed by atoms with van der Waals surface area (Å²) in [7, 11) is 1.94. The summed E-state index contributed by atoms with van der Waals surface area (Å²) < 4.78 is 7.33. The minimum Gasteiger partial charge on any atom is -0.467 e. The molecule has 0 aliphatic carbocycles. The highest BCUT2D eigenvalue weighted by molar-refractivity contribution is 5.16. The molecule has 0 aliphatic rings. The fourth-order valence-electron chi connectivity index (χ4n) is 1.59. The van der Waals surface area contributed by atoms with Gasteiger partial charge in [-0.25, -0.2) is 4.98 Å². The van der Waals surface area contributed by atoms with Crippen molar-refractivity contribution in [1.29, 1.82) is 0 Å². The van der Waals surface area contributed by atoms with E-state index >= 15 is 0 Å². The SMILES string of the molecule is C#CCNC(c1ccco1)c1nccn1C. The van der Waals surface area contributed by atoms with Crippen LogP contribution in [0.2, 0.25) is 0 Å². The maximum absolute atomic E-state index is 5.39. The number of nitrogens with zero attached hydrogens (tertiary/aromatic N) is 2. The molecule has 1 atom stereocenters. The molecule has 16 heavy (non-hydrogen) atoms. The summed E-state index contributed by atoms with van der Waals surface area (Å²) in [5.74, 6) is 4.24. The number of nitrogens with one attached hydrogen (secondary N) is 1. The van der Waals surface area contributed by atoms with E-state index in [9.17, 15) is 0 Å². The Morgan fingerprint density at radius 2 is 2.56 bits per heavy atom. The van der Waals surface area contributed by atoms with Crippen molar-refractivity contribution in [3.8, 4) is 12.3 Å². The molecular formula is C12H13N3O. The molecular weight excluding hydrogens is 202 g/mol. The summed E-state index contributed by atoms with van der Waals surface area (Å²) in [5.41, 5.74) is 0. The fraction of sp³-hybridized carbons (Fsp3) is 0.250. The molecule has 2 heterocycles. The zero-order valence-electron chi connectivity index (χ0n) is 9.05. The number of imidazole rings is 1. The van der Waals surface area contributed by atoms with Crippen LogP contribution in [0.1, 0.15) is 17.6 Å². The van der Waals surface area contributed by atoms with Crippen LogP contribution in [0.25, 0.3) is 0 Å². The van der Waals surface area contributed by atoms with Gasteiger partial charge in [0.25, 0.3) is 0 Å². The second kappa shape index (κ2) is 4.69. The van der Waals surface area contributed by atoms with Gasteiger partial charge in [0.2, 0.25) is 0 Å². The summed E-state index contributed by atoms with van der Waals surface area (Å²) in [4.78, 5) is 4.30. The van der Waals surface area contributed by atoms with Gasteiger partial charge >= 0.3 is 0 Å². The molecule has 0 fully saturated rings. The van der Waals surface area contributed by atoms with Crippen LogP contribution in [0.5, 0.6) is 0 Å². The van der Waals surface area contributed by atoms with Crippen molar-refractivity contribution in [2.75, 3.05) is 6.54 Å². The van der Waals surface area contributed by atoms with E-state index < -0.39 is 0 Å². The second-order valence-corrected chi connectivity index (χ2v) is 3.43. The lowest BCUT2D eigenvalue weighted by Gasteiger charge is -2.14. The first-order valence-corrected chi connectivity index (χ1v) is 5.00. The van der Waals surface area contributed by atoms with E-state index in [4.69, 9.17) is 10.8 Å². The lowest BCUT2D eigenvalue weighted by atomic mass is 10.2. The molecule has 2 aromatic heterocycles. The summed E-state index contributed by atoms with van der Waals surface area (Å²) in [6.07, 6.45) is 10.5. The predicted molar refractivity (Wildman–Crippen MR) is 60.6 cm³/mol. The van der Waals surface area contributed by atoms with Gasteiger partial charge in [0.05, 0.1) is 12.8 Å². The van der Waals surface area contributed by atoms with Crippen LogP contribution in [0.3, 0.4) is 0 Å². The first-order valence-electron chi connectivity index (χ1n) is 5.00. The monoisotopic (exact) mass is 215 g/mol. The molecule has 1 unspecified atom stereocenters. The summed E-state index contributed by atoms with van der Waals surface area (Å²) in [6, 6.07) is 3.65. The van der Waals surface area contributed by atoms with Crippen molar-refractivity contribution in [1.82, 2.24) is 14.9 Å². The van der Waals surface area contributed by atoms with Gasteiger partial charge in [0, 0.05) is 19.4 Å². The molecule has 2 rings (SSSR count). The van der Waals surface area contributed by atoms with Crippen LogP contribution >= 0.6 is 0 Å². The van der Waals surface area contributed by atoms with Crippen molar-refractivity contribution in [3.63, 3.8) is 0 Å². The topological polar surface area (TPSA) is 43.0 Å². The Hall–Kier alpha value is -1.99. The van der Waals surface area contributed by atoms with Crippen LogP contribution in [-0.4, -0.2) is 16.1 Å². The number of hydrogen-bond acceptors (Lipinski definition) is 3. The maximum Gasteiger partial charge on any atom is 0.133 e. The van der Waals surface area contributed by atoms with Gasteiger partial charge in [-0.1, -0.05) is 5.92 Å². The summed E-state index contributed by atoms with van der Waals surface area (Å²) >= 11 is 0. The molecule has 0 saturated carbocycles. The highest BCUT2D eigenvalue weighted by atomic mass is 16.3. The Morgan fingerprint density at radius 3 is 3.12 bits per heavy atom. The zero-order chi connectivity index (χ0) is 11.4. The van der Waals surface area contributed by atoms with E-state index in [1.54, 1.807) is 12.5 Å². The first kappa shape index (κ1) is 10.5. The summed E-state index contributed by atoms with van der Waals surface area (Å²) in [5, 5.41) is 3.20. The van der Waals surface area contributed by atoms with Gasteiger partial charge in [-0.05, 0) is 12.1 Å². The molecule has 82 valence electrons. The average molecular weight is 215 g/mol. The minimum absolute atomic E-state index is 0.106. The molecule has 0 bridgehead atoms. The van der Waals surface area contributed by atoms with Gasteiger partial charge in [0.1, 0.15) is 17.6 Å². The van der Waals surface area contributed by atoms with Gasteiger partial charge in [0.15, 0.2) is 0 Å². The van der Waals surface area contributed by atoms with E-state index in [2.05, 4.69) is 16.2 Å². The Labute approximate surface area is 94.3 Å². The van der Waals surface area contributed by atoms with Crippen molar-refractivity contribution >= 4 is 0 Å². The van der Waals surface area contributed by atoms with Gasteiger partial charge in [-0.3, -0.25) is 5.32 Å². The number of furan rings is 1. The smallest absolute Gasteiger partial charge is 0.133 e. The highest BCUT2D eigenvalue weighted by Gasteiger charge is 2.19. The zero-order valence-corrected chi connectivity index (χ0v) is 9.05. The van der Waals surface area contributed by atoms with Crippen LogP contribution in [0.15, 0.2) is 35.2 Å². The normalized spacial score (nSPS) is 12.2. The minimum atomic E-state index is -0.106. The molecule has 0 spiro atoms. The number of aromatic nitrogens is 2. The van der Waals surface area contributed by atoms with Crippen molar-refractivity contribution in [2.24, 2.45) is 7.05 Å². The lowest BCUT2D eigenvalue weighted by Crippen LogP contribution is -2.25. The molecule has 0 radical (unpaired) electrons. The molecule has 0 aliphatic heterocycles. The maximum atomic E-state index is 5.39. The van der Waals surface area contributed by atoms with E-state index in [0.29, 0.717) is 6.54 Å². The van der Waals surface area contributed by atoms with Crippen molar-refractivity contribution < 1.29 is 4.42 Å². The number of hydrogen-bond donors (Lipinski definition) is 1. The molecule has 4 nitrogen and oxygen atoms in total. The molecule has 4 heteroatoms. The van der Waals surface area contributed by atoms with Crippen molar-refractivity contribution in [3.05, 3.63) is 42.4 Å². The Kier molecular flexibility index (Phi) is 3.08. The first-order chi connectivity index (χ1) is 7.83. The molecule has 0 aromatic carbocycles. The number of rotatable bonds is 4. The third kappa shape index (κ3) is 2.00. The predicted octanol–water partition coefficient (Wildman–Crippen LogP) is 1.33. The molecule has 1 N–H and O–H groups in total. The van der Waals surface area contributed by atoms with Gasteiger partial charge in [-0.2, -0.15) is 0 Å². The van der Waals surface area contributed by atoms with E-state index in [-0.39, 0.29) is 6.04 Å². The van der Waals surface area contributed by atoms with Crippen LogP contribution in [-0.2, 0) is 7.05 Å². The number of aryl methyl sites for hydroxylation is 1. The quantitative estimate of drug-likeness (QED) is 0.782. The Balaban J connectivity index is 2.29. The van der Waals surface area contributed by atoms with E-state index in [0.717, 1.165) is 11.6 Å². The fourth-order valence-corrected chi connectivity index (χ4v) is 1.59. The van der Waals surface area contributed by atoms with Crippen LogP contribution in [0, 0.1) is 12.3 Å². The average Bonchev–Trinajstić information content (AvgIpc) is 2.91. The standard InChI is InChI=1S/C12H13N3O/c1-3-6-13-11(10-5-4-9-16-10)12-14-7-8-15(12)2/h1,4-5,7-9,11,13H,6H2,2H3. The van der Waals surface area contributed by atoms with Crippen LogP contribution in [0.4, 0.5) is 0 Å². The van der Waals surface area contributed by atoms with Gasteiger partial charge in [-0.15, -0.1) is 6.42 Å². The van der Waals surface area contributed by atoms with Crippen LogP contribution < -0.4 is 5.32 Å². The van der Waals surface area contributed by atoms with E-state index in [1.807, 2.05) is 29.9 Å². The van der Waals surface area contributed by atoms with Crippen molar-refractivity contribution in [2.45, 2.75) is 6.04 Å². The van der Waals surface area contributed by atoms with E-state index in [1.165, 1.54) is 0 Å². The highest BCUT2D eigenvalue weighted by Crippen LogP contribution is 2.20. The lowest BCUT2D eigenvalue weighted by molar-refractivity contribution is 0.441. The third-order valence-electron chi connectivity index (χ3n) is 2.35. The Bertz CT molecular complexity index is 479. The summed E-state index contributed by atoms with van der Waals surface area (Å²) in [6.45, 7) is 0.470. The Morgan fingerprint density at radius 1 is 1.69 bits per heavy atom. The number of terminal acetylenes is 1. The third-order valence-corrected chi connectivity index (χ3v) is 2.35. The molecule has 0 saturated heterocycles. The molecule has 0 amide bonds.